The number of nitrogens with zero attached hydrogens (tertiary/aromatic N) is 4. The Bertz CT molecular complexity index is 593. The van der Waals surface area contributed by atoms with Crippen LogP contribution in [0.5, 0.6) is 0 Å². The molecule has 2 rings (SSSR count). The number of amides is 1. The van der Waals surface area contributed by atoms with Gasteiger partial charge in [0, 0.05) is 5.38 Å². The molecule has 0 spiro atoms. The summed E-state index contributed by atoms with van der Waals surface area (Å²) in [6, 6.07) is -0.498. The molecule has 0 aliphatic heterocycles. The van der Waals surface area contributed by atoms with Crippen molar-refractivity contribution in [3.05, 3.63) is 11.1 Å². The van der Waals surface area contributed by atoms with Crippen molar-refractivity contribution in [1.29, 1.82) is 0 Å². The number of thiazole rings is 1. The molecule has 0 saturated heterocycles. The summed E-state index contributed by atoms with van der Waals surface area (Å²) in [7, 11) is 0. The fraction of sp³-hybridized carbons (Fsp3) is 0.400. The molecule has 2 heterocycles. The number of rotatable bonds is 4. The molecule has 0 aromatic carbocycles. The van der Waals surface area contributed by atoms with E-state index < -0.39 is 6.04 Å². The quantitative estimate of drug-likeness (QED) is 0.831. The Morgan fingerprint density at radius 3 is 2.89 bits per heavy atom. The van der Waals surface area contributed by atoms with Crippen molar-refractivity contribution in [3.8, 4) is 0 Å². The lowest BCUT2D eigenvalue weighted by Gasteiger charge is -2.14. The molecule has 2 aromatic rings. The zero-order chi connectivity index (χ0) is 14.0. The van der Waals surface area contributed by atoms with E-state index >= 15 is 0 Å². The third-order valence-electron chi connectivity index (χ3n) is 2.49. The van der Waals surface area contributed by atoms with E-state index in [1.807, 2.05) is 18.6 Å². The monoisotopic (exact) mass is 298 g/mol. The average molecular weight is 298 g/mol. The van der Waals surface area contributed by atoms with Gasteiger partial charge in [-0.05, 0) is 20.1 Å². The Morgan fingerprint density at radius 2 is 2.32 bits per heavy atom. The fourth-order valence-corrected chi connectivity index (χ4v) is 2.79. The summed E-state index contributed by atoms with van der Waals surface area (Å²) >= 11 is 2.78. The second-order valence-electron chi connectivity index (χ2n) is 3.87. The number of nitrogens with two attached hydrogens (primary N) is 1. The zero-order valence-electron chi connectivity index (χ0n) is 10.7. The highest BCUT2D eigenvalue weighted by Crippen LogP contribution is 2.22. The minimum atomic E-state index is -0.498. The first-order valence-corrected chi connectivity index (χ1v) is 7.60. The van der Waals surface area contributed by atoms with Gasteiger partial charge in [-0.25, -0.2) is 4.98 Å². The normalized spacial score (nSPS) is 12.4. The molecule has 1 amide bonds. The summed E-state index contributed by atoms with van der Waals surface area (Å²) in [6.07, 6.45) is 1.86. The van der Waals surface area contributed by atoms with Crippen molar-refractivity contribution >= 4 is 40.1 Å². The van der Waals surface area contributed by atoms with Crippen LogP contribution in [0.3, 0.4) is 0 Å². The van der Waals surface area contributed by atoms with E-state index in [4.69, 9.17) is 5.73 Å². The van der Waals surface area contributed by atoms with Crippen LogP contribution in [-0.4, -0.2) is 31.9 Å². The third-order valence-corrected chi connectivity index (χ3v) is 4.01. The Kier molecular flexibility index (Phi) is 4.05. The highest BCUT2D eigenvalue weighted by molar-refractivity contribution is 7.98. The predicted molar refractivity (Wildman–Crippen MR) is 76.4 cm³/mol. The summed E-state index contributed by atoms with van der Waals surface area (Å²) in [6.45, 7) is 3.62. The van der Waals surface area contributed by atoms with E-state index in [1.54, 1.807) is 11.5 Å². The van der Waals surface area contributed by atoms with Crippen molar-refractivity contribution in [2.24, 2.45) is 0 Å². The van der Waals surface area contributed by atoms with Crippen LogP contribution in [0.2, 0.25) is 0 Å². The maximum atomic E-state index is 12.2. The van der Waals surface area contributed by atoms with Gasteiger partial charge in [0.05, 0.1) is 5.69 Å². The zero-order valence-corrected chi connectivity index (χ0v) is 12.4. The van der Waals surface area contributed by atoms with E-state index in [-0.39, 0.29) is 11.9 Å². The first-order chi connectivity index (χ1) is 9.02. The number of thioether (sulfide) groups is 1. The summed E-state index contributed by atoms with van der Waals surface area (Å²) in [4.78, 5) is 16.3. The summed E-state index contributed by atoms with van der Waals surface area (Å²) in [5, 5.41) is 13.5. The van der Waals surface area contributed by atoms with E-state index in [0.29, 0.717) is 10.3 Å². The van der Waals surface area contributed by atoms with Gasteiger partial charge in [-0.2, -0.15) is 0 Å². The van der Waals surface area contributed by atoms with Crippen molar-refractivity contribution in [1.82, 2.24) is 19.7 Å². The lowest BCUT2D eigenvalue weighted by molar-refractivity contribution is -0.118. The number of anilines is 2. The molecular weight excluding hydrogens is 284 g/mol. The number of carbonyl (C=O) groups excluding carboxylic acids is 1. The lowest BCUT2D eigenvalue weighted by Crippen LogP contribution is -2.25. The number of aromatic nitrogens is 4. The van der Waals surface area contributed by atoms with E-state index in [2.05, 4.69) is 20.5 Å². The lowest BCUT2D eigenvalue weighted by atomic mass is 10.3. The molecule has 0 aliphatic rings. The van der Waals surface area contributed by atoms with E-state index in [0.717, 1.165) is 5.69 Å². The van der Waals surface area contributed by atoms with Gasteiger partial charge in [-0.3, -0.25) is 9.36 Å². The van der Waals surface area contributed by atoms with Crippen LogP contribution >= 0.6 is 23.1 Å². The minimum absolute atomic E-state index is 0.198. The standard InChI is InChI=1S/C10H14N6OS2/c1-5-4-19-9(12-5)13-7(17)6(2)16-8(11)14-15-10(16)18-3/h4,6H,1-3H3,(H2,11,14)(H,12,13,17). The predicted octanol–water partition coefficient (Wildman–Crippen LogP) is 1.55. The Morgan fingerprint density at radius 1 is 1.58 bits per heavy atom. The van der Waals surface area contributed by atoms with Crippen molar-refractivity contribution in [2.75, 3.05) is 17.3 Å². The van der Waals surface area contributed by atoms with E-state index in [1.165, 1.54) is 23.1 Å². The van der Waals surface area contributed by atoms with Crippen LogP contribution in [0.25, 0.3) is 0 Å². The second-order valence-corrected chi connectivity index (χ2v) is 5.51. The topological polar surface area (TPSA) is 98.7 Å². The number of hydrogen-bond donors (Lipinski definition) is 2. The molecule has 0 saturated carbocycles. The van der Waals surface area contributed by atoms with Gasteiger partial charge >= 0.3 is 0 Å². The van der Waals surface area contributed by atoms with Crippen molar-refractivity contribution in [2.45, 2.75) is 25.0 Å². The van der Waals surface area contributed by atoms with Gasteiger partial charge in [-0.1, -0.05) is 11.8 Å². The molecule has 3 N–H and O–H groups in total. The minimum Gasteiger partial charge on any atom is -0.368 e. The molecule has 19 heavy (non-hydrogen) atoms. The van der Waals surface area contributed by atoms with Gasteiger partial charge in [0.2, 0.25) is 11.9 Å². The molecule has 1 atom stereocenters. The average Bonchev–Trinajstić information content (AvgIpc) is 2.94. The van der Waals surface area contributed by atoms with Crippen molar-refractivity contribution < 1.29 is 4.79 Å². The summed E-state index contributed by atoms with van der Waals surface area (Å²) < 4.78 is 1.60. The molecule has 0 radical (unpaired) electrons. The molecule has 0 bridgehead atoms. The van der Waals surface area contributed by atoms with Crippen LogP contribution < -0.4 is 11.1 Å². The van der Waals surface area contributed by atoms with Crippen LogP contribution in [0.4, 0.5) is 11.1 Å². The number of carbonyl (C=O) groups is 1. The molecule has 2 aromatic heterocycles. The largest absolute Gasteiger partial charge is 0.368 e. The van der Waals surface area contributed by atoms with Crippen LogP contribution in [-0.2, 0) is 4.79 Å². The van der Waals surface area contributed by atoms with E-state index in [9.17, 15) is 4.79 Å². The molecule has 102 valence electrons. The first-order valence-electron chi connectivity index (χ1n) is 5.50. The van der Waals surface area contributed by atoms with Crippen molar-refractivity contribution in [3.63, 3.8) is 0 Å². The van der Waals surface area contributed by atoms with Crippen LogP contribution in [0.15, 0.2) is 10.5 Å². The summed E-state index contributed by atoms with van der Waals surface area (Å²) in [5.41, 5.74) is 6.61. The van der Waals surface area contributed by atoms with Gasteiger partial charge in [0.15, 0.2) is 10.3 Å². The molecule has 1 unspecified atom stereocenters. The van der Waals surface area contributed by atoms with Gasteiger partial charge in [-0.15, -0.1) is 21.5 Å². The van der Waals surface area contributed by atoms with Gasteiger partial charge in [0.25, 0.3) is 0 Å². The number of aryl methyl sites for hydroxylation is 1. The Hall–Kier alpha value is -1.61. The molecule has 9 heteroatoms. The highest BCUT2D eigenvalue weighted by Gasteiger charge is 2.22. The Labute approximate surface area is 118 Å². The smallest absolute Gasteiger partial charge is 0.249 e. The molecule has 0 fully saturated rings. The Balaban J connectivity index is 2.16. The number of nitrogen functional groups attached to an aromatic ring is 1. The second kappa shape index (κ2) is 5.57. The number of hydrogen-bond acceptors (Lipinski definition) is 7. The van der Waals surface area contributed by atoms with Crippen LogP contribution in [0.1, 0.15) is 18.7 Å². The third kappa shape index (κ3) is 2.87. The van der Waals surface area contributed by atoms with Crippen LogP contribution in [0, 0.1) is 6.92 Å². The highest BCUT2D eigenvalue weighted by atomic mass is 32.2. The summed E-state index contributed by atoms with van der Waals surface area (Å²) in [5.74, 6) is 0.0264. The first kappa shape index (κ1) is 13.8. The molecule has 7 nitrogen and oxygen atoms in total. The van der Waals surface area contributed by atoms with Gasteiger partial charge < -0.3 is 11.1 Å². The molecule has 0 aliphatic carbocycles. The number of nitrogens with one attached hydrogen (secondary N) is 1. The molecular formula is C10H14N6OS2. The maximum absolute atomic E-state index is 12.2. The maximum Gasteiger partial charge on any atom is 0.249 e. The fourth-order valence-electron chi connectivity index (χ4n) is 1.53. The van der Waals surface area contributed by atoms with Gasteiger partial charge in [0.1, 0.15) is 6.04 Å². The SMILES string of the molecule is CSc1nnc(N)n1C(C)C(=O)Nc1nc(C)cs1.